The maximum absolute atomic E-state index is 5.61. The van der Waals surface area contributed by atoms with Crippen LogP contribution in [-0.2, 0) is 0 Å². The molecule has 1 rings (SSSR count). The lowest BCUT2D eigenvalue weighted by atomic mass is 10.2. The summed E-state index contributed by atoms with van der Waals surface area (Å²) in [6.07, 6.45) is 4.12. The highest BCUT2D eigenvalue weighted by Crippen LogP contribution is 2.06. The Labute approximate surface area is 55.6 Å². The predicted molar refractivity (Wildman–Crippen MR) is 38.7 cm³/mol. The van der Waals surface area contributed by atoms with Gasteiger partial charge < -0.3 is 10.6 Å². The first-order valence-corrected chi connectivity index (χ1v) is 3.05. The number of nitrogens with zero attached hydrogens (tertiary/aromatic N) is 1. The molecule has 0 radical (unpaired) electrons. The van der Waals surface area contributed by atoms with E-state index >= 15 is 0 Å². The maximum atomic E-state index is 5.61. The van der Waals surface area contributed by atoms with Crippen molar-refractivity contribution in [1.29, 1.82) is 0 Å². The van der Waals surface area contributed by atoms with Gasteiger partial charge in [-0.15, -0.1) is 0 Å². The lowest BCUT2D eigenvalue weighted by Gasteiger charge is -2.21. The van der Waals surface area contributed by atoms with E-state index in [1.165, 1.54) is 5.57 Å². The molecule has 0 saturated heterocycles. The zero-order chi connectivity index (χ0) is 6.85. The number of likely N-dealkylation sites (N-methyl/N-ethyl adjacent to an activating group) is 1. The number of nitrogens with two attached hydrogens (primary N) is 1. The van der Waals surface area contributed by atoms with E-state index in [-0.39, 0.29) is 0 Å². The van der Waals surface area contributed by atoms with E-state index in [1.807, 2.05) is 18.0 Å². The minimum absolute atomic E-state index is 0.856. The van der Waals surface area contributed by atoms with Crippen molar-refractivity contribution in [3.8, 4) is 0 Å². The molecule has 2 N–H and O–H groups in total. The highest BCUT2D eigenvalue weighted by Gasteiger charge is 2.01. The molecule has 0 amide bonds. The van der Waals surface area contributed by atoms with Crippen molar-refractivity contribution < 1.29 is 0 Å². The van der Waals surface area contributed by atoms with Gasteiger partial charge in [-0.05, 0) is 18.6 Å². The number of hydrogen-bond acceptors (Lipinski definition) is 2. The molecular weight excluding hydrogens is 112 g/mol. The largest absolute Gasteiger partial charge is 0.385 e. The van der Waals surface area contributed by atoms with Gasteiger partial charge in [-0.2, -0.15) is 0 Å². The Morgan fingerprint density at radius 1 is 1.67 bits per heavy atom. The highest BCUT2D eigenvalue weighted by atomic mass is 15.2. The van der Waals surface area contributed by atoms with E-state index in [1.54, 1.807) is 0 Å². The van der Waals surface area contributed by atoms with Gasteiger partial charge in [-0.25, -0.2) is 0 Å². The molecule has 1 heterocycles. The molecule has 2 nitrogen and oxygen atoms in total. The van der Waals surface area contributed by atoms with E-state index in [0.29, 0.717) is 0 Å². The first kappa shape index (κ1) is 6.20. The Kier molecular flexibility index (Phi) is 1.47. The van der Waals surface area contributed by atoms with Crippen LogP contribution in [0.3, 0.4) is 0 Å². The van der Waals surface area contributed by atoms with Crippen molar-refractivity contribution in [2.75, 3.05) is 13.6 Å². The topological polar surface area (TPSA) is 29.3 Å². The van der Waals surface area contributed by atoms with Gasteiger partial charge in [-0.1, -0.05) is 6.08 Å². The van der Waals surface area contributed by atoms with E-state index < -0.39 is 0 Å². The van der Waals surface area contributed by atoms with Crippen LogP contribution in [0.1, 0.15) is 6.92 Å². The minimum atomic E-state index is 0.856. The number of rotatable bonds is 0. The highest BCUT2D eigenvalue weighted by molar-refractivity contribution is 5.23. The van der Waals surface area contributed by atoms with Crippen molar-refractivity contribution in [3.05, 3.63) is 23.5 Å². The lowest BCUT2D eigenvalue weighted by molar-refractivity contribution is 0.451. The molecule has 1 aliphatic heterocycles. The summed E-state index contributed by atoms with van der Waals surface area (Å²) in [5, 5.41) is 0. The van der Waals surface area contributed by atoms with Gasteiger partial charge in [0.1, 0.15) is 0 Å². The minimum Gasteiger partial charge on any atom is -0.385 e. The third-order valence-corrected chi connectivity index (χ3v) is 1.50. The molecule has 1 aliphatic rings. The molecule has 0 spiro atoms. The van der Waals surface area contributed by atoms with Gasteiger partial charge in [0.2, 0.25) is 0 Å². The summed E-state index contributed by atoms with van der Waals surface area (Å²) >= 11 is 0. The molecule has 0 aromatic heterocycles. The average molecular weight is 124 g/mol. The second-order valence-electron chi connectivity index (χ2n) is 2.40. The fourth-order valence-corrected chi connectivity index (χ4v) is 0.789. The first-order chi connectivity index (χ1) is 4.20. The van der Waals surface area contributed by atoms with Gasteiger partial charge >= 0.3 is 0 Å². The van der Waals surface area contributed by atoms with Crippen LogP contribution < -0.4 is 5.73 Å². The zero-order valence-electron chi connectivity index (χ0n) is 5.89. The molecule has 0 aromatic rings. The molecule has 0 atom stereocenters. The smallest absolute Gasteiger partial charge is 0.0989 e. The molecular formula is C7H12N2. The van der Waals surface area contributed by atoms with Crippen LogP contribution in [0.25, 0.3) is 0 Å². The SMILES string of the molecule is CC1=CCN(C)C(N)=C1. The van der Waals surface area contributed by atoms with E-state index in [2.05, 4.69) is 13.0 Å². The number of hydrogen-bond donors (Lipinski definition) is 1. The fourth-order valence-electron chi connectivity index (χ4n) is 0.789. The summed E-state index contributed by atoms with van der Waals surface area (Å²) in [4.78, 5) is 2.01. The molecule has 0 aliphatic carbocycles. The van der Waals surface area contributed by atoms with Crippen LogP contribution >= 0.6 is 0 Å². The van der Waals surface area contributed by atoms with Crippen molar-refractivity contribution in [1.82, 2.24) is 4.90 Å². The van der Waals surface area contributed by atoms with Crippen LogP contribution in [0.15, 0.2) is 23.5 Å². The summed E-state index contributed by atoms with van der Waals surface area (Å²) in [6, 6.07) is 0. The summed E-state index contributed by atoms with van der Waals surface area (Å²) in [5.74, 6) is 0.856. The molecule has 9 heavy (non-hydrogen) atoms. The van der Waals surface area contributed by atoms with Crippen LogP contribution in [0.2, 0.25) is 0 Å². The Bertz CT molecular complexity index is 168. The van der Waals surface area contributed by atoms with Gasteiger partial charge in [0.25, 0.3) is 0 Å². The summed E-state index contributed by atoms with van der Waals surface area (Å²) in [5.41, 5.74) is 6.87. The van der Waals surface area contributed by atoms with Crippen LogP contribution in [0.5, 0.6) is 0 Å². The molecule has 0 saturated carbocycles. The van der Waals surface area contributed by atoms with Crippen LogP contribution in [0, 0.1) is 0 Å². The Morgan fingerprint density at radius 2 is 2.33 bits per heavy atom. The Balaban J connectivity index is 2.74. The first-order valence-electron chi connectivity index (χ1n) is 3.05. The van der Waals surface area contributed by atoms with Gasteiger partial charge in [-0.3, -0.25) is 0 Å². The third-order valence-electron chi connectivity index (χ3n) is 1.50. The van der Waals surface area contributed by atoms with E-state index in [4.69, 9.17) is 5.73 Å². The molecule has 0 aromatic carbocycles. The maximum Gasteiger partial charge on any atom is 0.0989 e. The van der Waals surface area contributed by atoms with Gasteiger partial charge in [0.15, 0.2) is 0 Å². The van der Waals surface area contributed by atoms with Gasteiger partial charge in [0.05, 0.1) is 5.82 Å². The monoisotopic (exact) mass is 124 g/mol. The summed E-state index contributed by atoms with van der Waals surface area (Å²) in [7, 11) is 1.98. The van der Waals surface area contributed by atoms with Crippen molar-refractivity contribution in [2.45, 2.75) is 6.92 Å². The Hall–Kier alpha value is -0.920. The molecule has 2 heteroatoms. The fraction of sp³-hybridized carbons (Fsp3) is 0.429. The second kappa shape index (κ2) is 2.13. The number of allylic oxidation sites excluding steroid dienone is 2. The van der Waals surface area contributed by atoms with E-state index in [0.717, 1.165) is 12.4 Å². The molecule has 0 fully saturated rings. The lowest BCUT2D eigenvalue weighted by Crippen LogP contribution is -2.25. The third kappa shape index (κ3) is 1.25. The zero-order valence-corrected chi connectivity index (χ0v) is 5.89. The predicted octanol–water partition coefficient (Wildman–Crippen LogP) is 0.678. The second-order valence-corrected chi connectivity index (χ2v) is 2.40. The molecule has 0 bridgehead atoms. The summed E-state index contributed by atoms with van der Waals surface area (Å²) in [6.45, 7) is 2.99. The van der Waals surface area contributed by atoms with Crippen LogP contribution in [0.4, 0.5) is 0 Å². The van der Waals surface area contributed by atoms with Crippen molar-refractivity contribution >= 4 is 0 Å². The quantitative estimate of drug-likeness (QED) is 0.514. The normalized spacial score (nSPS) is 19.1. The Morgan fingerprint density at radius 3 is 2.78 bits per heavy atom. The van der Waals surface area contributed by atoms with Crippen LogP contribution in [-0.4, -0.2) is 18.5 Å². The van der Waals surface area contributed by atoms with Gasteiger partial charge in [0, 0.05) is 13.6 Å². The molecule has 0 unspecified atom stereocenters. The van der Waals surface area contributed by atoms with E-state index in [9.17, 15) is 0 Å². The van der Waals surface area contributed by atoms with Crippen molar-refractivity contribution in [3.63, 3.8) is 0 Å². The summed E-state index contributed by atoms with van der Waals surface area (Å²) < 4.78 is 0. The molecule has 50 valence electrons. The average Bonchev–Trinajstić information content (AvgIpc) is 1.80. The van der Waals surface area contributed by atoms with Crippen molar-refractivity contribution in [2.24, 2.45) is 5.73 Å². The standard InChI is InChI=1S/C7H12N2/c1-6-3-4-9(2)7(8)5-6/h3,5H,4,8H2,1-2H3.